The zero-order valence-corrected chi connectivity index (χ0v) is 16.1. The summed E-state index contributed by atoms with van der Waals surface area (Å²) in [5.74, 6) is -0.784. The molecular weight excluding hydrogens is 374 g/mol. The summed E-state index contributed by atoms with van der Waals surface area (Å²) in [6, 6.07) is 6.13. The van der Waals surface area contributed by atoms with Crippen LogP contribution in [0, 0.1) is 24.5 Å². The van der Waals surface area contributed by atoms with Crippen molar-refractivity contribution in [1.82, 2.24) is 19.3 Å². The molecule has 29 heavy (non-hydrogen) atoms. The SMILES string of the molecule is Cc1cn2cc(-c3cc(F)c4c(=O)n(C5CNCC5C)ccc4c3)cc(F)c2n1. The minimum atomic E-state index is -0.599. The van der Waals surface area contributed by atoms with E-state index in [1.807, 2.05) is 0 Å². The Balaban J connectivity index is 1.67. The molecule has 0 amide bonds. The van der Waals surface area contributed by atoms with E-state index in [2.05, 4.69) is 17.2 Å². The third-order valence-corrected chi connectivity index (χ3v) is 5.78. The zero-order valence-electron chi connectivity index (χ0n) is 16.1. The van der Waals surface area contributed by atoms with Gasteiger partial charge in [-0.3, -0.25) is 4.79 Å². The first-order chi connectivity index (χ1) is 13.9. The van der Waals surface area contributed by atoms with Gasteiger partial charge in [-0.2, -0.15) is 0 Å². The van der Waals surface area contributed by atoms with E-state index < -0.39 is 11.6 Å². The maximum absolute atomic E-state index is 15.0. The molecule has 2 atom stereocenters. The van der Waals surface area contributed by atoms with Crippen LogP contribution in [0.2, 0.25) is 0 Å². The van der Waals surface area contributed by atoms with Crippen molar-refractivity contribution in [2.24, 2.45) is 5.92 Å². The summed E-state index contributed by atoms with van der Waals surface area (Å²) >= 11 is 0. The number of rotatable bonds is 2. The van der Waals surface area contributed by atoms with Gasteiger partial charge in [-0.1, -0.05) is 6.92 Å². The fraction of sp³-hybridized carbons (Fsp3) is 0.273. The van der Waals surface area contributed by atoms with Gasteiger partial charge in [-0.05, 0) is 54.6 Å². The molecule has 1 fully saturated rings. The number of halogens is 2. The average Bonchev–Trinajstić information content (AvgIpc) is 3.26. The van der Waals surface area contributed by atoms with Crippen LogP contribution in [0.3, 0.4) is 0 Å². The molecule has 7 heteroatoms. The molecule has 0 spiro atoms. The van der Waals surface area contributed by atoms with Crippen LogP contribution in [0.25, 0.3) is 27.5 Å². The van der Waals surface area contributed by atoms with E-state index in [1.54, 1.807) is 46.6 Å². The highest BCUT2D eigenvalue weighted by Crippen LogP contribution is 2.28. The monoisotopic (exact) mass is 394 g/mol. The third-order valence-electron chi connectivity index (χ3n) is 5.78. The lowest BCUT2D eigenvalue weighted by molar-refractivity contribution is 0.428. The predicted molar refractivity (Wildman–Crippen MR) is 108 cm³/mol. The van der Waals surface area contributed by atoms with E-state index in [0.29, 0.717) is 34.7 Å². The van der Waals surface area contributed by atoms with Gasteiger partial charge in [-0.25, -0.2) is 13.8 Å². The Bertz CT molecular complexity index is 1320. The number of hydrogen-bond donors (Lipinski definition) is 1. The maximum atomic E-state index is 15.0. The Kier molecular flexibility index (Phi) is 4.03. The van der Waals surface area contributed by atoms with E-state index >= 15 is 4.39 Å². The normalized spacial score (nSPS) is 19.4. The molecule has 1 aliphatic heterocycles. The lowest BCUT2D eigenvalue weighted by atomic mass is 10.0. The smallest absolute Gasteiger partial charge is 0.261 e. The molecule has 1 aromatic carbocycles. The Morgan fingerprint density at radius 3 is 2.66 bits per heavy atom. The Morgan fingerprint density at radius 1 is 1.10 bits per heavy atom. The summed E-state index contributed by atoms with van der Waals surface area (Å²) in [6.45, 7) is 5.38. The third kappa shape index (κ3) is 2.84. The molecule has 2 unspecified atom stereocenters. The highest BCUT2D eigenvalue weighted by Gasteiger charge is 2.26. The number of aryl methyl sites for hydroxylation is 1. The van der Waals surface area contributed by atoms with Crippen molar-refractivity contribution < 1.29 is 8.78 Å². The maximum Gasteiger partial charge on any atom is 0.261 e. The topological polar surface area (TPSA) is 51.3 Å². The van der Waals surface area contributed by atoms with Crippen molar-refractivity contribution in [2.45, 2.75) is 19.9 Å². The van der Waals surface area contributed by atoms with Crippen molar-refractivity contribution in [3.05, 3.63) is 70.5 Å². The van der Waals surface area contributed by atoms with Crippen LogP contribution in [0.1, 0.15) is 18.7 Å². The first-order valence-corrected chi connectivity index (χ1v) is 9.63. The van der Waals surface area contributed by atoms with Gasteiger partial charge in [0.1, 0.15) is 5.82 Å². The molecule has 4 aromatic rings. The fourth-order valence-corrected chi connectivity index (χ4v) is 4.28. The summed E-state index contributed by atoms with van der Waals surface area (Å²) in [4.78, 5) is 17.1. The molecule has 0 radical (unpaired) electrons. The van der Waals surface area contributed by atoms with Crippen LogP contribution in [-0.2, 0) is 0 Å². The first-order valence-electron chi connectivity index (χ1n) is 9.63. The molecule has 4 heterocycles. The minimum absolute atomic E-state index is 0.00644. The number of fused-ring (bicyclic) bond motifs is 2. The molecule has 5 rings (SSSR count). The van der Waals surface area contributed by atoms with Crippen molar-refractivity contribution in [2.75, 3.05) is 13.1 Å². The molecule has 0 saturated carbocycles. The molecule has 1 aliphatic rings. The van der Waals surface area contributed by atoms with Gasteiger partial charge in [0.15, 0.2) is 11.5 Å². The van der Waals surface area contributed by atoms with Crippen LogP contribution >= 0.6 is 0 Å². The van der Waals surface area contributed by atoms with Gasteiger partial charge >= 0.3 is 0 Å². The molecule has 148 valence electrons. The summed E-state index contributed by atoms with van der Waals surface area (Å²) in [5, 5.41) is 3.83. The highest BCUT2D eigenvalue weighted by molar-refractivity contribution is 5.87. The molecule has 0 aliphatic carbocycles. The number of pyridine rings is 2. The largest absolute Gasteiger partial charge is 0.314 e. The second-order valence-electron chi connectivity index (χ2n) is 7.84. The lowest BCUT2D eigenvalue weighted by Crippen LogP contribution is -2.28. The molecule has 1 saturated heterocycles. The number of aromatic nitrogens is 3. The second kappa shape index (κ2) is 6.49. The summed E-state index contributed by atoms with van der Waals surface area (Å²) < 4.78 is 32.7. The van der Waals surface area contributed by atoms with Gasteiger partial charge in [0.05, 0.1) is 17.1 Å². The van der Waals surface area contributed by atoms with E-state index in [9.17, 15) is 9.18 Å². The average molecular weight is 394 g/mol. The van der Waals surface area contributed by atoms with Crippen LogP contribution in [0.4, 0.5) is 8.78 Å². The Morgan fingerprint density at radius 2 is 1.90 bits per heavy atom. The van der Waals surface area contributed by atoms with Gasteiger partial charge in [0, 0.05) is 30.7 Å². The van der Waals surface area contributed by atoms with Crippen LogP contribution in [0.15, 0.2) is 47.7 Å². The number of nitrogens with one attached hydrogen (secondary N) is 1. The van der Waals surface area contributed by atoms with Gasteiger partial charge in [0.2, 0.25) is 0 Å². The quantitative estimate of drug-likeness (QED) is 0.564. The second-order valence-corrected chi connectivity index (χ2v) is 7.84. The minimum Gasteiger partial charge on any atom is -0.314 e. The van der Waals surface area contributed by atoms with Crippen molar-refractivity contribution in [1.29, 1.82) is 0 Å². The predicted octanol–water partition coefficient (Wildman–Crippen LogP) is 3.68. The molecule has 1 N–H and O–H groups in total. The fourth-order valence-electron chi connectivity index (χ4n) is 4.28. The van der Waals surface area contributed by atoms with Crippen molar-refractivity contribution in [3.8, 4) is 11.1 Å². The first kappa shape index (κ1) is 18.0. The standard InChI is InChI=1S/C22H20F2N4O/c1-12-8-25-9-19(12)28-4-3-14-5-15(6-17(23)20(14)22(28)29)16-7-18(24)21-26-13(2)10-27(21)11-16/h3-7,10-12,19,25H,8-9H2,1-2H3. The van der Waals surface area contributed by atoms with Crippen LogP contribution in [-0.4, -0.2) is 27.0 Å². The molecular formula is C22H20F2N4O. The number of imidazole rings is 1. The Hall–Kier alpha value is -3.06. The van der Waals surface area contributed by atoms with E-state index in [1.165, 1.54) is 12.1 Å². The van der Waals surface area contributed by atoms with Crippen LogP contribution in [0.5, 0.6) is 0 Å². The highest BCUT2D eigenvalue weighted by atomic mass is 19.1. The van der Waals surface area contributed by atoms with Crippen molar-refractivity contribution in [3.63, 3.8) is 0 Å². The van der Waals surface area contributed by atoms with Crippen molar-refractivity contribution >= 4 is 16.4 Å². The molecule has 3 aromatic heterocycles. The molecule has 0 bridgehead atoms. The molecule has 5 nitrogen and oxygen atoms in total. The van der Waals surface area contributed by atoms with Gasteiger partial charge < -0.3 is 14.3 Å². The van der Waals surface area contributed by atoms with E-state index in [4.69, 9.17) is 0 Å². The Labute approximate surface area is 165 Å². The number of hydrogen-bond acceptors (Lipinski definition) is 3. The summed E-state index contributed by atoms with van der Waals surface area (Å²) in [6.07, 6.45) is 5.16. The zero-order chi connectivity index (χ0) is 20.3. The van der Waals surface area contributed by atoms with E-state index in [-0.39, 0.29) is 22.6 Å². The van der Waals surface area contributed by atoms with Gasteiger partial charge in [-0.15, -0.1) is 0 Å². The summed E-state index contributed by atoms with van der Waals surface area (Å²) in [7, 11) is 0. The van der Waals surface area contributed by atoms with Crippen LogP contribution < -0.4 is 10.9 Å². The van der Waals surface area contributed by atoms with Gasteiger partial charge in [0.25, 0.3) is 5.56 Å². The van der Waals surface area contributed by atoms with E-state index in [0.717, 1.165) is 6.54 Å². The lowest BCUT2D eigenvalue weighted by Gasteiger charge is -2.18. The number of nitrogens with zero attached hydrogens (tertiary/aromatic N) is 3. The number of benzene rings is 1. The summed E-state index contributed by atoms with van der Waals surface area (Å²) in [5.41, 5.74) is 1.62.